The van der Waals surface area contributed by atoms with Gasteiger partial charge in [0.2, 0.25) is 0 Å². The molecule has 0 aliphatic rings. The smallest absolute Gasteiger partial charge is 0.152 e. The van der Waals surface area contributed by atoms with Crippen molar-refractivity contribution in [2.45, 2.75) is 0 Å². The van der Waals surface area contributed by atoms with Crippen molar-refractivity contribution in [3.05, 3.63) is 29.8 Å². The number of nitrogens with one attached hydrogen (secondary N) is 1. The number of rotatable bonds is 2. The molecule has 0 saturated heterocycles. The Morgan fingerprint density at radius 2 is 2.10 bits per heavy atom. The molecule has 52 valence electrons. The number of aliphatic hydroxyl groups excluding tert-OH is 1. The molecule has 10 heavy (non-hydrogen) atoms. The van der Waals surface area contributed by atoms with Crippen molar-refractivity contribution >= 4 is 12.4 Å². The molecular formula is C7H7NO2. The van der Waals surface area contributed by atoms with E-state index >= 15 is 0 Å². The molecule has 0 bridgehead atoms. The van der Waals surface area contributed by atoms with E-state index in [0.29, 0.717) is 11.1 Å². The summed E-state index contributed by atoms with van der Waals surface area (Å²) in [7, 11) is 0. The van der Waals surface area contributed by atoms with Crippen molar-refractivity contribution in [3.8, 4) is 0 Å². The Bertz CT molecular complexity index is 250. The molecule has 3 nitrogen and oxygen atoms in total. The molecule has 0 spiro atoms. The normalized spacial score (nSPS) is 10.4. The number of carbonyl (C=O) groups is 1. The molecule has 2 N–H and O–H groups in total. The van der Waals surface area contributed by atoms with E-state index < -0.39 is 0 Å². The first-order valence-corrected chi connectivity index (χ1v) is 2.81. The maximum absolute atomic E-state index is 10.2. The molecule has 0 radical (unpaired) electrons. The van der Waals surface area contributed by atoms with E-state index in [2.05, 4.69) is 4.98 Å². The van der Waals surface area contributed by atoms with Crippen molar-refractivity contribution in [2.75, 3.05) is 0 Å². The standard InChI is InChI=1S/C7H7NO2/c9-2-1-6-3-8-4-7(6)5-10/h1-5,8-9H. The van der Waals surface area contributed by atoms with Crippen LogP contribution < -0.4 is 0 Å². The predicted molar refractivity (Wildman–Crippen MR) is 37.8 cm³/mol. The topological polar surface area (TPSA) is 53.1 Å². The number of aromatic nitrogens is 1. The molecule has 0 fully saturated rings. The molecule has 0 atom stereocenters. The number of aromatic amines is 1. The highest BCUT2D eigenvalue weighted by molar-refractivity contribution is 5.81. The maximum Gasteiger partial charge on any atom is 0.152 e. The first-order chi connectivity index (χ1) is 4.88. The molecule has 1 heterocycles. The molecule has 1 aromatic rings. The largest absolute Gasteiger partial charge is 0.516 e. The van der Waals surface area contributed by atoms with Crippen molar-refractivity contribution in [3.63, 3.8) is 0 Å². The Kier molecular flexibility index (Phi) is 1.89. The third-order valence-electron chi connectivity index (χ3n) is 1.19. The fourth-order valence-corrected chi connectivity index (χ4v) is 0.715. The molecule has 0 aliphatic heterocycles. The summed E-state index contributed by atoms with van der Waals surface area (Å²) in [5, 5.41) is 8.35. The third kappa shape index (κ3) is 1.07. The van der Waals surface area contributed by atoms with E-state index in [4.69, 9.17) is 5.11 Å². The molecule has 0 amide bonds. The first-order valence-electron chi connectivity index (χ1n) is 2.81. The van der Waals surface area contributed by atoms with Gasteiger partial charge in [0.15, 0.2) is 6.29 Å². The second kappa shape index (κ2) is 2.87. The minimum absolute atomic E-state index is 0.547. The first kappa shape index (κ1) is 6.61. The van der Waals surface area contributed by atoms with E-state index in [1.165, 1.54) is 6.08 Å². The number of aliphatic hydroxyl groups is 1. The SMILES string of the molecule is O=Cc1c[nH]cc1C=CO. The van der Waals surface area contributed by atoms with Gasteiger partial charge < -0.3 is 10.1 Å². The van der Waals surface area contributed by atoms with E-state index in [1.807, 2.05) is 0 Å². The van der Waals surface area contributed by atoms with Crippen LogP contribution in [0.2, 0.25) is 0 Å². The van der Waals surface area contributed by atoms with Gasteiger partial charge in [0, 0.05) is 23.5 Å². The van der Waals surface area contributed by atoms with Gasteiger partial charge in [-0.2, -0.15) is 0 Å². The van der Waals surface area contributed by atoms with Gasteiger partial charge in [0.05, 0.1) is 6.26 Å². The quantitative estimate of drug-likeness (QED) is 0.477. The molecule has 3 heteroatoms. The fraction of sp³-hybridized carbons (Fsp3) is 0. The summed E-state index contributed by atoms with van der Waals surface area (Å²) >= 11 is 0. The van der Waals surface area contributed by atoms with Crippen LogP contribution in [0.5, 0.6) is 0 Å². The third-order valence-corrected chi connectivity index (χ3v) is 1.19. The summed E-state index contributed by atoms with van der Waals surface area (Å²) in [5.74, 6) is 0. The minimum atomic E-state index is 0.547. The average Bonchev–Trinajstić information content (AvgIpc) is 2.36. The number of aldehydes is 1. The Labute approximate surface area is 58.0 Å². The van der Waals surface area contributed by atoms with E-state index in [-0.39, 0.29) is 0 Å². The highest BCUT2D eigenvalue weighted by Gasteiger charge is 1.96. The number of hydrogen-bond acceptors (Lipinski definition) is 2. The lowest BCUT2D eigenvalue weighted by Gasteiger charge is -1.83. The van der Waals surface area contributed by atoms with Gasteiger partial charge in [-0.25, -0.2) is 0 Å². The monoisotopic (exact) mass is 137 g/mol. The molecule has 0 aliphatic carbocycles. The maximum atomic E-state index is 10.2. The van der Waals surface area contributed by atoms with Crippen LogP contribution in [0.4, 0.5) is 0 Å². The summed E-state index contributed by atoms with van der Waals surface area (Å²) in [6.07, 6.45) is 6.28. The van der Waals surface area contributed by atoms with Crippen molar-refractivity contribution in [1.29, 1.82) is 0 Å². The van der Waals surface area contributed by atoms with Gasteiger partial charge in [-0.05, 0) is 6.08 Å². The molecule has 0 unspecified atom stereocenters. The summed E-state index contributed by atoms with van der Waals surface area (Å²) in [6.45, 7) is 0. The highest BCUT2D eigenvalue weighted by Crippen LogP contribution is 2.05. The van der Waals surface area contributed by atoms with Crippen LogP contribution in [0.25, 0.3) is 6.08 Å². The lowest BCUT2D eigenvalue weighted by atomic mass is 10.2. The van der Waals surface area contributed by atoms with E-state index in [0.717, 1.165) is 12.5 Å². The molecule has 1 aromatic heterocycles. The lowest BCUT2D eigenvalue weighted by molar-refractivity contribution is 0.112. The van der Waals surface area contributed by atoms with Crippen LogP contribution >= 0.6 is 0 Å². The van der Waals surface area contributed by atoms with E-state index in [9.17, 15) is 4.79 Å². The van der Waals surface area contributed by atoms with Crippen LogP contribution in [-0.4, -0.2) is 16.4 Å². The van der Waals surface area contributed by atoms with Crippen molar-refractivity contribution < 1.29 is 9.90 Å². The van der Waals surface area contributed by atoms with Crippen LogP contribution in [0.3, 0.4) is 0 Å². The van der Waals surface area contributed by atoms with Gasteiger partial charge in [0.1, 0.15) is 0 Å². The predicted octanol–water partition coefficient (Wildman–Crippen LogP) is 1.36. The van der Waals surface area contributed by atoms with Crippen LogP contribution in [0.1, 0.15) is 15.9 Å². The lowest BCUT2D eigenvalue weighted by Crippen LogP contribution is -1.76. The van der Waals surface area contributed by atoms with Crippen LogP contribution in [0, 0.1) is 0 Å². The Hall–Kier alpha value is -1.51. The van der Waals surface area contributed by atoms with E-state index in [1.54, 1.807) is 12.4 Å². The second-order valence-electron chi connectivity index (χ2n) is 1.80. The average molecular weight is 137 g/mol. The molecule has 0 aromatic carbocycles. The molecule has 0 saturated carbocycles. The van der Waals surface area contributed by atoms with Crippen molar-refractivity contribution in [2.24, 2.45) is 0 Å². The number of H-pyrrole nitrogens is 1. The van der Waals surface area contributed by atoms with Crippen LogP contribution in [-0.2, 0) is 0 Å². The number of carbonyl (C=O) groups excluding carboxylic acids is 1. The van der Waals surface area contributed by atoms with Gasteiger partial charge in [-0.1, -0.05) is 0 Å². The molecular weight excluding hydrogens is 130 g/mol. The minimum Gasteiger partial charge on any atom is -0.516 e. The molecule has 1 rings (SSSR count). The van der Waals surface area contributed by atoms with Gasteiger partial charge in [0.25, 0.3) is 0 Å². The zero-order valence-electron chi connectivity index (χ0n) is 5.24. The Morgan fingerprint density at radius 1 is 1.40 bits per heavy atom. The Morgan fingerprint density at radius 3 is 2.70 bits per heavy atom. The van der Waals surface area contributed by atoms with Crippen LogP contribution in [0.15, 0.2) is 18.7 Å². The summed E-state index contributed by atoms with van der Waals surface area (Å²) in [5.41, 5.74) is 1.24. The zero-order chi connectivity index (χ0) is 7.40. The second-order valence-corrected chi connectivity index (χ2v) is 1.80. The fourth-order valence-electron chi connectivity index (χ4n) is 0.715. The van der Waals surface area contributed by atoms with Gasteiger partial charge >= 0.3 is 0 Å². The number of hydrogen-bond donors (Lipinski definition) is 2. The van der Waals surface area contributed by atoms with Gasteiger partial charge in [-0.3, -0.25) is 4.79 Å². The summed E-state index contributed by atoms with van der Waals surface area (Å²) in [6, 6.07) is 0. The zero-order valence-corrected chi connectivity index (χ0v) is 5.24. The Balaban J connectivity index is 3.00. The highest BCUT2D eigenvalue weighted by atomic mass is 16.2. The van der Waals surface area contributed by atoms with Gasteiger partial charge in [-0.15, -0.1) is 0 Å². The summed E-state index contributed by atoms with van der Waals surface area (Å²) in [4.78, 5) is 13.0. The van der Waals surface area contributed by atoms with Crippen molar-refractivity contribution in [1.82, 2.24) is 4.98 Å². The summed E-state index contributed by atoms with van der Waals surface area (Å²) < 4.78 is 0.